The minimum atomic E-state index is -0.439. The van der Waals surface area contributed by atoms with Crippen molar-refractivity contribution in [2.24, 2.45) is 34.5 Å². The van der Waals surface area contributed by atoms with E-state index in [1.54, 1.807) is 11.1 Å². The second-order valence-corrected chi connectivity index (χ2v) is 16.1. The summed E-state index contributed by atoms with van der Waals surface area (Å²) in [6, 6.07) is 9.40. The van der Waals surface area contributed by atoms with Gasteiger partial charge in [-0.15, -0.1) is 0 Å². The van der Waals surface area contributed by atoms with Crippen LogP contribution < -0.4 is 0 Å². The van der Waals surface area contributed by atoms with Crippen LogP contribution in [0.25, 0.3) is 10.8 Å². The summed E-state index contributed by atoms with van der Waals surface area (Å²) in [5, 5.41) is 13.5. The Morgan fingerprint density at radius 3 is 2.52 bits per heavy atom. The molecule has 0 bridgehead atoms. The Morgan fingerprint density at radius 1 is 0.935 bits per heavy atom. The molecule has 8 rings (SSSR count). The van der Waals surface area contributed by atoms with Crippen LogP contribution >= 0.6 is 0 Å². The first-order valence-electron chi connectivity index (χ1n) is 18.1. The molecule has 4 aliphatic carbocycles. The van der Waals surface area contributed by atoms with Crippen LogP contribution in [0.3, 0.4) is 0 Å². The minimum Gasteiger partial charge on any atom is -0.391 e. The van der Waals surface area contributed by atoms with Crippen LogP contribution in [0.15, 0.2) is 36.5 Å². The van der Waals surface area contributed by atoms with Crippen molar-refractivity contribution in [3.63, 3.8) is 0 Å². The number of Topliss-reactive ketones (excluding diaryl/α,β-unsaturated/α-hetero) is 1. The Morgan fingerprint density at radius 2 is 1.72 bits per heavy atom. The lowest BCUT2D eigenvalue weighted by atomic mass is 9.44. The fraction of sp³-hybridized carbons (Fsp3) is 0.684. The number of amides is 2. The normalized spacial score (nSPS) is 39.6. The van der Waals surface area contributed by atoms with Crippen molar-refractivity contribution in [1.82, 2.24) is 19.7 Å². The van der Waals surface area contributed by atoms with Gasteiger partial charge in [-0.1, -0.05) is 38.1 Å². The highest BCUT2D eigenvalue weighted by molar-refractivity contribution is 5.99. The number of aromatic nitrogens is 1. The molecule has 6 aliphatic rings. The lowest BCUT2D eigenvalue weighted by Crippen LogP contribution is -2.62. The molecule has 0 unspecified atom stereocenters. The molecule has 2 aromatic rings. The molecule has 3 heterocycles. The number of aliphatic hydroxyl groups is 1. The molecule has 6 fully saturated rings. The van der Waals surface area contributed by atoms with Crippen molar-refractivity contribution in [1.29, 1.82) is 0 Å². The Kier molecular flexibility index (Phi) is 7.56. The molecule has 2 amide bonds. The van der Waals surface area contributed by atoms with Gasteiger partial charge in [0, 0.05) is 62.2 Å². The molecule has 8 heteroatoms. The molecule has 246 valence electrons. The van der Waals surface area contributed by atoms with E-state index in [2.05, 4.69) is 23.7 Å². The Bertz CT molecular complexity index is 1540. The van der Waals surface area contributed by atoms with Crippen LogP contribution in [0, 0.1) is 34.5 Å². The molecule has 1 aromatic carbocycles. The molecule has 2 saturated heterocycles. The zero-order chi connectivity index (χ0) is 31.8. The zero-order valence-corrected chi connectivity index (χ0v) is 27.6. The highest BCUT2D eigenvalue weighted by Crippen LogP contribution is 2.65. The SMILES string of the molecule is C[C@]12C[C@H](N3CCN(C(=O)[C@@H]4CCCN4C(=O)c4cc5ccccc5cn4)CC3)[C@@H](O)C[C@@H]1CC[C@@H]1[C@@H]2CC[C@]2(C)C(=O)CC[C@@H]12. The molecule has 8 nitrogen and oxygen atoms in total. The van der Waals surface area contributed by atoms with Crippen LogP contribution in [0.5, 0.6) is 0 Å². The van der Waals surface area contributed by atoms with Gasteiger partial charge < -0.3 is 14.9 Å². The number of nitrogens with zero attached hydrogens (tertiary/aromatic N) is 4. The molecule has 4 saturated carbocycles. The maximum Gasteiger partial charge on any atom is 0.273 e. The van der Waals surface area contributed by atoms with Crippen LogP contribution in [0.4, 0.5) is 0 Å². The number of fused-ring (bicyclic) bond motifs is 6. The van der Waals surface area contributed by atoms with Gasteiger partial charge in [0.25, 0.3) is 5.91 Å². The van der Waals surface area contributed by atoms with Gasteiger partial charge in [0.2, 0.25) is 5.91 Å². The van der Waals surface area contributed by atoms with E-state index in [1.807, 2.05) is 35.2 Å². The number of piperazine rings is 1. The predicted octanol–water partition coefficient (Wildman–Crippen LogP) is 4.93. The maximum absolute atomic E-state index is 13.9. The third kappa shape index (κ3) is 4.75. The highest BCUT2D eigenvalue weighted by Gasteiger charge is 2.61. The third-order valence-corrected chi connectivity index (χ3v) is 14.1. The number of ketones is 1. The van der Waals surface area contributed by atoms with Crippen molar-refractivity contribution in [2.45, 2.75) is 96.2 Å². The predicted molar refractivity (Wildman–Crippen MR) is 176 cm³/mol. The number of benzene rings is 1. The summed E-state index contributed by atoms with van der Waals surface area (Å²) in [5.41, 5.74) is 0.481. The van der Waals surface area contributed by atoms with Crippen molar-refractivity contribution in [3.05, 3.63) is 42.2 Å². The standard InChI is InChI=1S/C38H50N4O4/c1-37-14-13-29-27(28(37)11-12-34(37)44)10-9-26-21-33(43)32(22-38(26,29)2)40-16-18-41(19-17-40)36(46)31-8-5-15-42(31)35(45)30-20-24-6-3-4-7-25(24)23-39-30/h3-4,6-7,20,23,26-29,31-33,43H,5,8-19,21-22H2,1-2H3/t26-,27-,28-,29-,31-,32-,33-,37-,38-/m0/s1. The second kappa shape index (κ2) is 11.4. The molecule has 9 atom stereocenters. The summed E-state index contributed by atoms with van der Waals surface area (Å²) in [4.78, 5) is 50.9. The van der Waals surface area contributed by atoms with E-state index in [1.165, 1.54) is 12.8 Å². The first-order valence-corrected chi connectivity index (χ1v) is 18.1. The molecular weight excluding hydrogens is 576 g/mol. The number of carbonyl (C=O) groups excluding carboxylic acids is 3. The number of hydrogen-bond acceptors (Lipinski definition) is 6. The number of aliphatic hydroxyl groups excluding tert-OH is 1. The van der Waals surface area contributed by atoms with Gasteiger partial charge >= 0.3 is 0 Å². The van der Waals surface area contributed by atoms with Crippen molar-refractivity contribution < 1.29 is 19.5 Å². The molecule has 0 spiro atoms. The lowest BCUT2D eigenvalue weighted by molar-refractivity contribution is -0.155. The van der Waals surface area contributed by atoms with E-state index in [4.69, 9.17) is 0 Å². The summed E-state index contributed by atoms with van der Waals surface area (Å²) in [7, 11) is 0. The van der Waals surface area contributed by atoms with Crippen molar-refractivity contribution in [2.75, 3.05) is 32.7 Å². The van der Waals surface area contributed by atoms with Gasteiger partial charge in [-0.25, -0.2) is 0 Å². The van der Waals surface area contributed by atoms with Crippen LogP contribution in [-0.4, -0.2) is 93.3 Å². The van der Waals surface area contributed by atoms with Gasteiger partial charge in [0.05, 0.1) is 6.10 Å². The summed E-state index contributed by atoms with van der Waals surface area (Å²) in [5.74, 6) is 2.75. The average molecular weight is 627 g/mol. The number of carbonyl (C=O) groups is 3. The maximum atomic E-state index is 13.9. The van der Waals surface area contributed by atoms with Crippen LogP contribution in [-0.2, 0) is 9.59 Å². The largest absolute Gasteiger partial charge is 0.391 e. The number of rotatable bonds is 3. The van der Waals surface area contributed by atoms with E-state index in [0.29, 0.717) is 61.2 Å². The third-order valence-electron chi connectivity index (χ3n) is 14.1. The van der Waals surface area contributed by atoms with E-state index in [9.17, 15) is 19.5 Å². The molecule has 1 N–H and O–H groups in total. The number of hydrogen-bond donors (Lipinski definition) is 1. The van der Waals surface area contributed by atoms with Gasteiger partial charge in [0.15, 0.2) is 0 Å². The van der Waals surface area contributed by atoms with E-state index >= 15 is 0 Å². The first kappa shape index (κ1) is 30.5. The lowest BCUT2D eigenvalue weighted by Gasteiger charge is -2.62. The summed E-state index contributed by atoms with van der Waals surface area (Å²) >= 11 is 0. The van der Waals surface area contributed by atoms with Gasteiger partial charge in [-0.2, -0.15) is 0 Å². The van der Waals surface area contributed by atoms with E-state index in [-0.39, 0.29) is 34.8 Å². The van der Waals surface area contributed by atoms with Crippen molar-refractivity contribution >= 4 is 28.4 Å². The zero-order valence-electron chi connectivity index (χ0n) is 27.6. The molecule has 1 aromatic heterocycles. The summed E-state index contributed by atoms with van der Waals surface area (Å²) in [6.45, 7) is 8.12. The smallest absolute Gasteiger partial charge is 0.273 e. The first-order chi connectivity index (χ1) is 22.2. The minimum absolute atomic E-state index is 0.0500. The molecule has 2 aliphatic heterocycles. The number of pyridine rings is 1. The fourth-order valence-electron chi connectivity index (χ4n) is 11.5. The van der Waals surface area contributed by atoms with Crippen molar-refractivity contribution in [3.8, 4) is 0 Å². The topological polar surface area (TPSA) is 94.1 Å². The van der Waals surface area contributed by atoms with Gasteiger partial charge in [-0.3, -0.25) is 24.3 Å². The van der Waals surface area contributed by atoms with Gasteiger partial charge in [0.1, 0.15) is 17.5 Å². The Hall–Kier alpha value is -2.84. The van der Waals surface area contributed by atoms with Gasteiger partial charge in [-0.05, 0) is 98.3 Å². The summed E-state index contributed by atoms with van der Waals surface area (Å²) < 4.78 is 0. The quantitative estimate of drug-likeness (QED) is 0.519. The van der Waals surface area contributed by atoms with Crippen LogP contribution in [0.2, 0.25) is 0 Å². The Balaban J connectivity index is 0.924. The number of likely N-dealkylation sites (tertiary alicyclic amines) is 1. The molecule has 46 heavy (non-hydrogen) atoms. The van der Waals surface area contributed by atoms with Crippen LogP contribution in [0.1, 0.15) is 88.5 Å². The second-order valence-electron chi connectivity index (χ2n) is 16.1. The average Bonchev–Trinajstić information content (AvgIpc) is 3.68. The summed E-state index contributed by atoms with van der Waals surface area (Å²) in [6.07, 6.45) is 11.2. The van der Waals surface area contributed by atoms with E-state index in [0.717, 1.165) is 68.8 Å². The molecule has 0 radical (unpaired) electrons. The molecular formula is C38H50N4O4. The van der Waals surface area contributed by atoms with E-state index < -0.39 is 6.04 Å². The highest BCUT2D eigenvalue weighted by atomic mass is 16.3. The Labute approximate surface area is 272 Å². The monoisotopic (exact) mass is 626 g/mol. The fourth-order valence-corrected chi connectivity index (χ4v) is 11.5.